The fraction of sp³-hybridized carbons (Fsp3) is 0.500. The molecule has 1 N–H and O–H groups in total. The molecule has 0 bridgehead atoms. The Kier molecular flexibility index (Phi) is 5.51. The van der Waals surface area contributed by atoms with E-state index in [-0.39, 0.29) is 11.7 Å². The van der Waals surface area contributed by atoms with Crippen molar-refractivity contribution in [1.29, 1.82) is 0 Å². The van der Waals surface area contributed by atoms with E-state index in [1.54, 1.807) is 12.1 Å². The summed E-state index contributed by atoms with van der Waals surface area (Å²) in [6.07, 6.45) is 0.574. The second-order valence-electron chi connectivity index (χ2n) is 6.68. The molecule has 0 atom stereocenters. The largest absolute Gasteiger partial charge is 0.367 e. The van der Waals surface area contributed by atoms with Gasteiger partial charge in [-0.1, -0.05) is 0 Å². The summed E-state index contributed by atoms with van der Waals surface area (Å²) in [4.78, 5) is 16.5. The van der Waals surface area contributed by atoms with Crippen LogP contribution in [0.4, 0.5) is 10.1 Å². The van der Waals surface area contributed by atoms with Crippen molar-refractivity contribution in [3.63, 3.8) is 0 Å². The second kappa shape index (κ2) is 7.82. The zero-order chi connectivity index (χ0) is 18.7. The zero-order valence-electron chi connectivity index (χ0n) is 15.5. The summed E-state index contributed by atoms with van der Waals surface area (Å²) in [6.45, 7) is 5.69. The van der Waals surface area contributed by atoms with Crippen molar-refractivity contribution in [3.8, 4) is 0 Å². The summed E-state index contributed by atoms with van der Waals surface area (Å²) in [5.41, 5.74) is 0.888. The van der Waals surface area contributed by atoms with Gasteiger partial charge in [0.15, 0.2) is 0 Å². The van der Waals surface area contributed by atoms with E-state index in [0.717, 1.165) is 37.8 Å². The Hall–Kier alpha value is -2.48. The third-order valence-corrected chi connectivity index (χ3v) is 4.87. The summed E-state index contributed by atoms with van der Waals surface area (Å²) in [5.74, 6) is 0.992. The Morgan fingerprint density at radius 3 is 2.54 bits per heavy atom. The normalized spacial score (nSPS) is 15.3. The van der Waals surface area contributed by atoms with Gasteiger partial charge in [-0.2, -0.15) is 0 Å². The first kappa shape index (κ1) is 18.3. The molecule has 2 heterocycles. The quantitative estimate of drug-likeness (QED) is 0.861. The molecule has 0 radical (unpaired) electrons. The maximum absolute atomic E-state index is 14.5. The number of amides is 1. The zero-order valence-corrected chi connectivity index (χ0v) is 15.5. The first-order chi connectivity index (χ1) is 12.5. The maximum Gasteiger partial charge on any atom is 0.251 e. The van der Waals surface area contributed by atoms with Gasteiger partial charge in [0.05, 0.1) is 5.69 Å². The lowest BCUT2D eigenvalue weighted by molar-refractivity contribution is 0.0953. The number of anilines is 1. The molecule has 7 nitrogen and oxygen atoms in total. The molecule has 0 aliphatic carbocycles. The lowest BCUT2D eigenvalue weighted by atomic mass is 10.1. The summed E-state index contributed by atoms with van der Waals surface area (Å²) < 4.78 is 16.4. The van der Waals surface area contributed by atoms with Crippen molar-refractivity contribution in [3.05, 3.63) is 41.2 Å². The van der Waals surface area contributed by atoms with Crippen LogP contribution in [0.3, 0.4) is 0 Å². The van der Waals surface area contributed by atoms with Crippen LogP contribution in [0.1, 0.15) is 22.0 Å². The fourth-order valence-electron chi connectivity index (χ4n) is 3.01. The number of benzene rings is 1. The van der Waals surface area contributed by atoms with Crippen molar-refractivity contribution in [2.45, 2.75) is 13.3 Å². The summed E-state index contributed by atoms with van der Waals surface area (Å²) in [5, 5.41) is 10.9. The van der Waals surface area contributed by atoms with Gasteiger partial charge in [-0.05, 0) is 32.2 Å². The van der Waals surface area contributed by atoms with E-state index in [1.807, 2.05) is 23.4 Å². The van der Waals surface area contributed by atoms with Crippen LogP contribution in [-0.4, -0.2) is 65.3 Å². The number of carbonyl (C=O) groups excluding carboxylic acids is 1. The average molecular weight is 360 g/mol. The highest BCUT2D eigenvalue weighted by molar-refractivity contribution is 5.94. The second-order valence-corrected chi connectivity index (χ2v) is 6.68. The number of hydrogen-bond donors (Lipinski definition) is 1. The molecule has 1 aliphatic rings. The predicted molar refractivity (Wildman–Crippen MR) is 97.9 cm³/mol. The monoisotopic (exact) mass is 360 g/mol. The van der Waals surface area contributed by atoms with Crippen LogP contribution in [0.5, 0.6) is 0 Å². The molecule has 1 aliphatic heterocycles. The van der Waals surface area contributed by atoms with E-state index in [4.69, 9.17) is 0 Å². The molecule has 2 aromatic rings. The lowest BCUT2D eigenvalue weighted by Crippen LogP contribution is -2.44. The van der Waals surface area contributed by atoms with E-state index in [1.165, 1.54) is 6.07 Å². The number of piperazine rings is 1. The first-order valence-corrected chi connectivity index (χ1v) is 8.82. The molecule has 1 saturated heterocycles. The smallest absolute Gasteiger partial charge is 0.251 e. The van der Waals surface area contributed by atoms with Crippen LogP contribution in [0.2, 0.25) is 0 Å². The number of aryl methyl sites for hydroxylation is 1. The molecule has 140 valence electrons. The summed E-state index contributed by atoms with van der Waals surface area (Å²) in [6, 6.07) is 4.69. The third kappa shape index (κ3) is 4.01. The highest BCUT2D eigenvalue weighted by atomic mass is 19.1. The molecule has 0 spiro atoms. The third-order valence-electron chi connectivity index (χ3n) is 4.87. The predicted octanol–water partition coefficient (Wildman–Crippen LogP) is 0.987. The minimum atomic E-state index is -0.355. The molecule has 0 saturated carbocycles. The Balaban J connectivity index is 1.57. The fourth-order valence-corrected chi connectivity index (χ4v) is 3.01. The van der Waals surface area contributed by atoms with Crippen molar-refractivity contribution in [2.75, 3.05) is 44.7 Å². The van der Waals surface area contributed by atoms with Crippen LogP contribution in [0, 0.1) is 12.7 Å². The summed E-state index contributed by atoms with van der Waals surface area (Å²) >= 11 is 0. The van der Waals surface area contributed by atoms with Crippen LogP contribution in [0.15, 0.2) is 18.2 Å². The van der Waals surface area contributed by atoms with Gasteiger partial charge in [-0.15, -0.1) is 10.2 Å². The minimum absolute atomic E-state index is 0.285. The minimum Gasteiger partial charge on any atom is -0.367 e. The van der Waals surface area contributed by atoms with Crippen LogP contribution in [0.25, 0.3) is 0 Å². The maximum atomic E-state index is 14.5. The Morgan fingerprint density at radius 1 is 1.19 bits per heavy atom. The number of nitrogens with one attached hydrogen (secondary N) is 1. The van der Waals surface area contributed by atoms with Gasteiger partial charge in [0.25, 0.3) is 5.91 Å². The van der Waals surface area contributed by atoms with Gasteiger partial charge in [-0.25, -0.2) is 4.39 Å². The van der Waals surface area contributed by atoms with E-state index in [2.05, 4.69) is 27.5 Å². The number of hydrogen-bond acceptors (Lipinski definition) is 5. The Morgan fingerprint density at radius 2 is 1.92 bits per heavy atom. The topological polar surface area (TPSA) is 66.3 Å². The van der Waals surface area contributed by atoms with E-state index < -0.39 is 0 Å². The van der Waals surface area contributed by atoms with Gasteiger partial charge in [0.1, 0.15) is 17.5 Å². The molecular formula is C18H25FN6O. The highest BCUT2D eigenvalue weighted by Crippen LogP contribution is 2.21. The Labute approximate surface area is 152 Å². The van der Waals surface area contributed by atoms with Gasteiger partial charge < -0.3 is 19.7 Å². The number of halogens is 1. The van der Waals surface area contributed by atoms with Crippen LogP contribution in [-0.2, 0) is 13.5 Å². The molecule has 26 heavy (non-hydrogen) atoms. The van der Waals surface area contributed by atoms with Gasteiger partial charge in [0.2, 0.25) is 0 Å². The number of carbonyl (C=O) groups is 1. The van der Waals surface area contributed by atoms with Gasteiger partial charge >= 0.3 is 0 Å². The molecule has 1 fully saturated rings. The molecular weight excluding hydrogens is 335 g/mol. The lowest BCUT2D eigenvalue weighted by Gasteiger charge is -2.34. The molecule has 1 aromatic heterocycles. The van der Waals surface area contributed by atoms with Crippen molar-refractivity contribution >= 4 is 11.6 Å². The molecule has 0 unspecified atom stereocenters. The number of aromatic nitrogens is 3. The Bertz CT molecular complexity index is 782. The number of rotatable bonds is 5. The van der Waals surface area contributed by atoms with Crippen LogP contribution >= 0.6 is 0 Å². The standard InChI is InChI=1S/C18H25FN6O/c1-13-21-22-17(24(13)3)6-7-20-18(26)14-4-5-16(15(19)12-14)25-10-8-23(2)9-11-25/h4-5,12H,6-11H2,1-3H3,(H,20,26). The van der Waals surface area contributed by atoms with Crippen molar-refractivity contribution in [2.24, 2.45) is 7.05 Å². The number of likely N-dealkylation sites (N-methyl/N-ethyl adjacent to an activating group) is 1. The van der Waals surface area contributed by atoms with E-state index >= 15 is 0 Å². The van der Waals surface area contributed by atoms with E-state index in [0.29, 0.717) is 24.2 Å². The molecule has 8 heteroatoms. The van der Waals surface area contributed by atoms with Crippen LogP contribution < -0.4 is 10.2 Å². The molecule has 1 aromatic carbocycles. The van der Waals surface area contributed by atoms with Crippen molar-refractivity contribution < 1.29 is 9.18 Å². The highest BCUT2D eigenvalue weighted by Gasteiger charge is 2.18. The summed E-state index contributed by atoms with van der Waals surface area (Å²) in [7, 11) is 3.95. The molecule has 1 amide bonds. The SMILES string of the molecule is Cc1nnc(CCNC(=O)c2ccc(N3CCN(C)CC3)c(F)c2)n1C. The van der Waals surface area contributed by atoms with E-state index in [9.17, 15) is 9.18 Å². The number of nitrogens with zero attached hydrogens (tertiary/aromatic N) is 5. The molecule has 3 rings (SSSR count). The van der Waals surface area contributed by atoms with Crippen molar-refractivity contribution in [1.82, 2.24) is 25.0 Å². The first-order valence-electron chi connectivity index (χ1n) is 8.82. The average Bonchev–Trinajstić information content (AvgIpc) is 2.94. The van der Waals surface area contributed by atoms with Gasteiger partial charge in [-0.3, -0.25) is 4.79 Å². The van der Waals surface area contributed by atoms with Gasteiger partial charge in [0, 0.05) is 51.8 Å².